The molecule has 0 spiro atoms. The number of phenols is 1. The van der Waals surface area contributed by atoms with Gasteiger partial charge < -0.3 is 20.2 Å². The van der Waals surface area contributed by atoms with Crippen molar-refractivity contribution in [1.82, 2.24) is 0 Å². The molecule has 1 aromatic rings. The fourth-order valence-electron chi connectivity index (χ4n) is 8.29. The number of carbonyl (C=O) groups is 2. The summed E-state index contributed by atoms with van der Waals surface area (Å²) in [5.41, 5.74) is 1.96. The number of aliphatic hydroxyl groups excluding tert-OH is 2. The highest BCUT2D eigenvalue weighted by molar-refractivity contribution is 6.31. The van der Waals surface area contributed by atoms with Crippen molar-refractivity contribution in [2.45, 2.75) is 194 Å². The molecular weight excluding hydrogens is 697 g/mol. The van der Waals surface area contributed by atoms with E-state index in [4.69, 9.17) is 0 Å². The van der Waals surface area contributed by atoms with Crippen LogP contribution < -0.4 is 4.90 Å². The number of aromatic hydroxyl groups is 1. The molecule has 0 amide bonds. The number of ketones is 2. The Hall–Kier alpha value is -3.19. The number of phenolic OH excluding ortho intramolecular Hbond substituents is 1. The molecule has 3 N–H and O–H groups in total. The normalized spacial score (nSPS) is 18.3. The third-order valence-corrected chi connectivity index (χ3v) is 11.8. The molecule has 2 unspecified atom stereocenters. The standard InChI is InChI=1S/C49H78N2O5/c1-5-9-13-17-21-25-33-50(34-26-22-18-14-10-6-2)39-29-31-41(43(52)37-39)45-47(54)46(49(56)48(45)55)42-32-30-40(38-44(42)53)51(35-27-23-19-15-11-7-3)36-28-24-20-16-12-8-4/h29-32,37-38,45,48,52,55H,5-28,33-36H2,1-4H3/p+1. The van der Waals surface area contributed by atoms with Crippen molar-refractivity contribution in [3.05, 3.63) is 58.9 Å². The van der Waals surface area contributed by atoms with Crippen LogP contribution in [0.15, 0.2) is 53.3 Å². The van der Waals surface area contributed by atoms with Gasteiger partial charge in [-0.3, -0.25) is 9.59 Å². The molecule has 0 aliphatic heterocycles. The van der Waals surface area contributed by atoms with Gasteiger partial charge in [0.2, 0.25) is 5.71 Å². The highest BCUT2D eigenvalue weighted by atomic mass is 16.3. The molecule has 0 heterocycles. The van der Waals surface area contributed by atoms with Gasteiger partial charge in [-0.05, 0) is 37.8 Å². The summed E-state index contributed by atoms with van der Waals surface area (Å²) >= 11 is 0. The number of anilines is 1. The zero-order valence-corrected chi connectivity index (χ0v) is 36.0. The number of hydrogen-bond acceptors (Lipinski definition) is 6. The Morgan fingerprint density at radius 2 is 1.05 bits per heavy atom. The minimum Gasteiger partial charge on any atom is -0.508 e. The van der Waals surface area contributed by atoms with E-state index in [1.807, 2.05) is 12.1 Å². The summed E-state index contributed by atoms with van der Waals surface area (Å²) in [7, 11) is 0. The molecule has 0 bridgehead atoms. The van der Waals surface area contributed by atoms with E-state index in [0.29, 0.717) is 0 Å². The Morgan fingerprint density at radius 1 is 0.589 bits per heavy atom. The lowest BCUT2D eigenvalue weighted by molar-refractivity contribution is -0.527. The van der Waals surface area contributed by atoms with Crippen molar-refractivity contribution in [3.63, 3.8) is 0 Å². The van der Waals surface area contributed by atoms with Crippen LogP contribution in [0.3, 0.4) is 0 Å². The van der Waals surface area contributed by atoms with E-state index >= 15 is 0 Å². The van der Waals surface area contributed by atoms with Crippen molar-refractivity contribution >= 4 is 23.0 Å². The van der Waals surface area contributed by atoms with Crippen LogP contribution in [0.1, 0.15) is 193 Å². The van der Waals surface area contributed by atoms with E-state index in [9.17, 15) is 24.9 Å². The van der Waals surface area contributed by atoms with E-state index in [1.54, 1.807) is 24.3 Å². The van der Waals surface area contributed by atoms with Gasteiger partial charge in [-0.15, -0.1) is 0 Å². The molecule has 56 heavy (non-hydrogen) atoms. The fourth-order valence-corrected chi connectivity index (χ4v) is 8.29. The lowest BCUT2D eigenvalue weighted by Gasteiger charge is -2.26. The summed E-state index contributed by atoms with van der Waals surface area (Å²) in [6, 6.07) is 5.31. The van der Waals surface area contributed by atoms with Crippen LogP contribution in [0.2, 0.25) is 0 Å². The smallest absolute Gasteiger partial charge is 0.203 e. The van der Waals surface area contributed by atoms with E-state index in [0.717, 1.165) is 63.3 Å². The van der Waals surface area contributed by atoms with Crippen LogP contribution >= 0.6 is 0 Å². The van der Waals surface area contributed by atoms with Crippen molar-refractivity contribution in [3.8, 4) is 5.75 Å². The minimum absolute atomic E-state index is 0.0931. The number of benzene rings is 1. The second-order valence-corrected chi connectivity index (χ2v) is 16.5. The molecule has 2 aliphatic rings. The number of allylic oxidation sites excluding steroid dienone is 3. The lowest BCUT2D eigenvalue weighted by Crippen LogP contribution is -2.26. The third-order valence-electron chi connectivity index (χ3n) is 11.8. The monoisotopic (exact) mass is 776 g/mol. The number of Topliss-reactive ketones (excluding diaryl/α,β-unsaturated/α-hetero) is 2. The first-order valence-corrected chi connectivity index (χ1v) is 23.1. The molecule has 1 saturated carbocycles. The average Bonchev–Trinajstić information content (AvgIpc) is 3.41. The van der Waals surface area contributed by atoms with Crippen LogP contribution in [0.5, 0.6) is 5.75 Å². The Balaban J connectivity index is 1.80. The van der Waals surface area contributed by atoms with Gasteiger partial charge in [-0.2, -0.15) is 0 Å². The maximum absolute atomic E-state index is 14.0. The van der Waals surface area contributed by atoms with Crippen LogP contribution in [0.4, 0.5) is 5.69 Å². The second kappa shape index (κ2) is 27.4. The first-order valence-electron chi connectivity index (χ1n) is 23.1. The summed E-state index contributed by atoms with van der Waals surface area (Å²) in [4.78, 5) is 29.9. The van der Waals surface area contributed by atoms with Gasteiger partial charge in [0.25, 0.3) is 0 Å². The largest absolute Gasteiger partial charge is 0.508 e. The predicted octanol–water partition coefficient (Wildman–Crippen LogP) is 12.0. The number of aliphatic hydroxyl groups is 2. The number of nitrogens with zero attached hydrogens (tertiary/aromatic N) is 2. The molecule has 1 aromatic carbocycles. The van der Waals surface area contributed by atoms with Crippen molar-refractivity contribution in [2.75, 3.05) is 31.1 Å². The van der Waals surface area contributed by atoms with Gasteiger partial charge in [0, 0.05) is 54.9 Å². The molecule has 1 fully saturated rings. The summed E-state index contributed by atoms with van der Waals surface area (Å²) < 4.78 is 2.32. The molecule has 314 valence electrons. The first-order chi connectivity index (χ1) is 27.3. The van der Waals surface area contributed by atoms with Crippen LogP contribution in [0.25, 0.3) is 0 Å². The average molecular weight is 776 g/mol. The van der Waals surface area contributed by atoms with Gasteiger partial charge in [0.1, 0.15) is 30.7 Å². The van der Waals surface area contributed by atoms with E-state index in [1.165, 1.54) is 128 Å². The van der Waals surface area contributed by atoms with E-state index < -0.39 is 23.6 Å². The molecule has 3 rings (SSSR count). The lowest BCUT2D eigenvalue weighted by atomic mass is 9.92. The maximum atomic E-state index is 14.0. The van der Waals surface area contributed by atoms with Gasteiger partial charge in [-0.25, -0.2) is 4.58 Å². The molecule has 0 aromatic heterocycles. The van der Waals surface area contributed by atoms with Gasteiger partial charge >= 0.3 is 0 Å². The summed E-state index contributed by atoms with van der Waals surface area (Å²) in [5.74, 6) is -2.74. The molecule has 7 nitrogen and oxygen atoms in total. The third kappa shape index (κ3) is 15.3. The van der Waals surface area contributed by atoms with Crippen molar-refractivity contribution in [1.29, 1.82) is 0 Å². The molecular formula is C49H79N2O5+. The quantitative estimate of drug-likeness (QED) is 0.0311. The zero-order chi connectivity index (χ0) is 40.5. The second-order valence-electron chi connectivity index (χ2n) is 16.5. The molecule has 2 aliphatic carbocycles. The SMILES string of the molecule is CCCCCCCCN(CCCCCCCC)c1ccc(C2C(=O)C(=C3C=CC(=[N+](CCCCCCCC)CCCCCCCC)C=C3O)C(=O)C2O)c(O)c1. The highest BCUT2D eigenvalue weighted by Gasteiger charge is 2.48. The number of carbonyl (C=O) groups excluding carboxylic acids is 2. The number of rotatable bonds is 30. The molecule has 7 heteroatoms. The Morgan fingerprint density at radius 3 is 1.52 bits per heavy atom. The van der Waals surface area contributed by atoms with E-state index in [2.05, 4.69) is 37.2 Å². The molecule has 0 saturated heterocycles. The van der Waals surface area contributed by atoms with Crippen LogP contribution in [-0.4, -0.2) is 69.5 Å². The van der Waals surface area contributed by atoms with Gasteiger partial charge in [0.05, 0.1) is 17.6 Å². The van der Waals surface area contributed by atoms with Crippen LogP contribution in [-0.2, 0) is 9.59 Å². The number of hydrogen-bond donors (Lipinski definition) is 3. The maximum Gasteiger partial charge on any atom is 0.203 e. The van der Waals surface area contributed by atoms with Gasteiger partial charge in [0.15, 0.2) is 11.6 Å². The summed E-state index contributed by atoms with van der Waals surface area (Å²) in [6.07, 6.45) is 32.5. The molecule has 2 atom stereocenters. The molecule has 0 radical (unpaired) electrons. The summed E-state index contributed by atoms with van der Waals surface area (Å²) in [6.45, 7) is 12.5. The van der Waals surface area contributed by atoms with E-state index in [-0.39, 0.29) is 28.2 Å². The van der Waals surface area contributed by atoms with Crippen LogP contribution in [0, 0.1) is 0 Å². The van der Waals surface area contributed by atoms with Gasteiger partial charge in [-0.1, -0.05) is 149 Å². The Bertz CT molecular complexity index is 1420. The Kier molecular flexibility index (Phi) is 23.1. The Labute approximate surface area is 341 Å². The fraction of sp³-hybridized carbons (Fsp3) is 0.694. The predicted molar refractivity (Wildman–Crippen MR) is 234 cm³/mol. The minimum atomic E-state index is -1.63. The zero-order valence-electron chi connectivity index (χ0n) is 36.0. The first kappa shape index (κ1) is 47.2. The highest BCUT2D eigenvalue weighted by Crippen LogP contribution is 2.41. The van der Waals surface area contributed by atoms with Crippen molar-refractivity contribution < 1.29 is 29.5 Å². The number of unbranched alkanes of at least 4 members (excludes halogenated alkanes) is 20. The summed E-state index contributed by atoms with van der Waals surface area (Å²) in [5, 5.41) is 33.9. The topological polar surface area (TPSA) is 101 Å². The van der Waals surface area contributed by atoms with Crippen molar-refractivity contribution in [2.24, 2.45) is 0 Å².